The molecular weight excluding hydrogens is 235 g/mol. The standard InChI is InChI=1S/C13H17FN2O2/c1-9-6-10(14)2-3-11(9)16-12(18)15-7-13(8-17)4-5-13/h2-3,6,17H,4-5,7-8H2,1H3,(H2,15,16,18). The van der Waals surface area contributed by atoms with E-state index in [4.69, 9.17) is 5.11 Å². The van der Waals surface area contributed by atoms with Gasteiger partial charge in [0, 0.05) is 17.6 Å². The molecule has 0 aromatic heterocycles. The molecule has 0 spiro atoms. The van der Waals surface area contributed by atoms with Crippen molar-refractivity contribution in [3.05, 3.63) is 29.6 Å². The number of aliphatic hydroxyl groups is 1. The van der Waals surface area contributed by atoms with Gasteiger partial charge in [-0.15, -0.1) is 0 Å². The van der Waals surface area contributed by atoms with E-state index >= 15 is 0 Å². The first-order valence-corrected chi connectivity index (χ1v) is 5.97. The largest absolute Gasteiger partial charge is 0.396 e. The molecule has 1 fully saturated rings. The van der Waals surface area contributed by atoms with Crippen molar-refractivity contribution >= 4 is 11.7 Å². The van der Waals surface area contributed by atoms with Crippen molar-refractivity contribution in [1.29, 1.82) is 0 Å². The van der Waals surface area contributed by atoms with E-state index in [2.05, 4.69) is 10.6 Å². The fourth-order valence-electron chi connectivity index (χ4n) is 1.77. The predicted molar refractivity (Wildman–Crippen MR) is 66.9 cm³/mol. The second-order valence-electron chi connectivity index (χ2n) is 4.93. The molecule has 0 radical (unpaired) electrons. The van der Waals surface area contributed by atoms with Crippen LogP contribution in [0.15, 0.2) is 18.2 Å². The Morgan fingerprint density at radius 1 is 1.50 bits per heavy atom. The number of halogens is 1. The second-order valence-corrected chi connectivity index (χ2v) is 4.93. The quantitative estimate of drug-likeness (QED) is 0.767. The minimum absolute atomic E-state index is 0.100. The highest BCUT2D eigenvalue weighted by atomic mass is 19.1. The lowest BCUT2D eigenvalue weighted by atomic mass is 10.1. The Morgan fingerprint density at radius 3 is 2.78 bits per heavy atom. The van der Waals surface area contributed by atoms with Crippen molar-refractivity contribution in [2.45, 2.75) is 19.8 Å². The summed E-state index contributed by atoms with van der Waals surface area (Å²) in [6.07, 6.45) is 1.89. The number of aryl methyl sites for hydroxylation is 1. The summed E-state index contributed by atoms with van der Waals surface area (Å²) in [5, 5.41) is 14.5. The average Bonchev–Trinajstić information content (AvgIpc) is 3.11. The van der Waals surface area contributed by atoms with Crippen LogP contribution >= 0.6 is 0 Å². The van der Waals surface area contributed by atoms with E-state index in [0.717, 1.165) is 12.8 Å². The van der Waals surface area contributed by atoms with Gasteiger partial charge in [0.05, 0.1) is 6.61 Å². The SMILES string of the molecule is Cc1cc(F)ccc1NC(=O)NCC1(CO)CC1. The molecule has 2 rings (SSSR count). The van der Waals surface area contributed by atoms with Crippen LogP contribution in [-0.4, -0.2) is 24.3 Å². The molecule has 0 unspecified atom stereocenters. The van der Waals surface area contributed by atoms with Crippen molar-refractivity contribution in [3.8, 4) is 0 Å². The van der Waals surface area contributed by atoms with E-state index in [9.17, 15) is 9.18 Å². The lowest BCUT2D eigenvalue weighted by molar-refractivity contribution is 0.206. The number of carbonyl (C=O) groups is 1. The molecule has 0 atom stereocenters. The monoisotopic (exact) mass is 252 g/mol. The van der Waals surface area contributed by atoms with Crippen molar-refractivity contribution in [1.82, 2.24) is 5.32 Å². The Labute approximate surface area is 105 Å². The molecule has 3 N–H and O–H groups in total. The van der Waals surface area contributed by atoms with Crippen LogP contribution in [0.3, 0.4) is 0 Å². The molecule has 1 aliphatic rings. The molecule has 2 amide bonds. The van der Waals surface area contributed by atoms with Gasteiger partial charge in [0.2, 0.25) is 0 Å². The summed E-state index contributed by atoms with van der Waals surface area (Å²) in [5.74, 6) is -0.323. The number of anilines is 1. The minimum atomic E-state index is -0.329. The fraction of sp³-hybridized carbons (Fsp3) is 0.462. The van der Waals surface area contributed by atoms with Gasteiger partial charge in [-0.2, -0.15) is 0 Å². The number of hydrogen-bond donors (Lipinski definition) is 3. The molecule has 0 bridgehead atoms. The smallest absolute Gasteiger partial charge is 0.319 e. The molecule has 18 heavy (non-hydrogen) atoms. The summed E-state index contributed by atoms with van der Waals surface area (Å²) in [6, 6.07) is 3.87. The highest BCUT2D eigenvalue weighted by Crippen LogP contribution is 2.44. The molecule has 1 saturated carbocycles. The first-order valence-electron chi connectivity index (χ1n) is 5.97. The Morgan fingerprint density at radius 2 is 2.22 bits per heavy atom. The highest BCUT2D eigenvalue weighted by molar-refractivity contribution is 5.90. The average molecular weight is 252 g/mol. The van der Waals surface area contributed by atoms with Crippen LogP contribution in [0, 0.1) is 18.2 Å². The van der Waals surface area contributed by atoms with Crippen LogP contribution in [0.2, 0.25) is 0 Å². The van der Waals surface area contributed by atoms with E-state index < -0.39 is 0 Å². The molecular formula is C13H17FN2O2. The molecule has 0 saturated heterocycles. The maximum absolute atomic E-state index is 12.9. The molecule has 5 heteroatoms. The maximum Gasteiger partial charge on any atom is 0.319 e. The zero-order chi connectivity index (χ0) is 13.2. The number of nitrogens with one attached hydrogen (secondary N) is 2. The number of rotatable bonds is 4. The van der Waals surface area contributed by atoms with Crippen LogP contribution in [0.1, 0.15) is 18.4 Å². The first kappa shape index (κ1) is 12.8. The molecule has 1 aliphatic carbocycles. The lowest BCUT2D eigenvalue weighted by Crippen LogP contribution is -2.35. The number of carbonyl (C=O) groups excluding carboxylic acids is 1. The van der Waals surface area contributed by atoms with E-state index in [-0.39, 0.29) is 23.9 Å². The summed E-state index contributed by atoms with van der Waals surface area (Å²) < 4.78 is 12.9. The molecule has 1 aromatic carbocycles. The van der Waals surface area contributed by atoms with Crippen molar-refractivity contribution in [2.75, 3.05) is 18.5 Å². The van der Waals surface area contributed by atoms with Crippen molar-refractivity contribution in [3.63, 3.8) is 0 Å². The van der Waals surface area contributed by atoms with E-state index in [0.29, 0.717) is 17.8 Å². The number of amides is 2. The fourth-order valence-corrected chi connectivity index (χ4v) is 1.77. The summed E-state index contributed by atoms with van der Waals surface area (Å²) in [5.41, 5.74) is 1.14. The van der Waals surface area contributed by atoms with E-state index in [1.54, 1.807) is 6.92 Å². The van der Waals surface area contributed by atoms with Gasteiger partial charge in [-0.25, -0.2) is 9.18 Å². The third-order valence-electron chi connectivity index (χ3n) is 3.35. The van der Waals surface area contributed by atoms with Crippen LogP contribution in [-0.2, 0) is 0 Å². The Hall–Kier alpha value is -1.62. The predicted octanol–water partition coefficient (Wildman–Crippen LogP) is 2.03. The summed E-state index contributed by atoms with van der Waals surface area (Å²) in [7, 11) is 0. The Bertz CT molecular complexity index is 458. The maximum atomic E-state index is 12.9. The number of benzene rings is 1. The van der Waals surface area contributed by atoms with Gasteiger partial charge in [0.1, 0.15) is 5.82 Å². The molecule has 0 aliphatic heterocycles. The van der Waals surface area contributed by atoms with Gasteiger partial charge < -0.3 is 15.7 Å². The molecule has 0 heterocycles. The van der Waals surface area contributed by atoms with Gasteiger partial charge >= 0.3 is 6.03 Å². The number of hydrogen-bond acceptors (Lipinski definition) is 2. The Kier molecular flexibility index (Phi) is 3.52. The van der Waals surface area contributed by atoms with Crippen LogP contribution in [0.5, 0.6) is 0 Å². The zero-order valence-electron chi connectivity index (χ0n) is 10.3. The van der Waals surface area contributed by atoms with Crippen LogP contribution in [0.4, 0.5) is 14.9 Å². The van der Waals surface area contributed by atoms with Gasteiger partial charge in [0.25, 0.3) is 0 Å². The third-order valence-corrected chi connectivity index (χ3v) is 3.35. The minimum Gasteiger partial charge on any atom is -0.396 e. The zero-order valence-corrected chi connectivity index (χ0v) is 10.3. The summed E-state index contributed by atoms with van der Waals surface area (Å²) in [4.78, 5) is 11.6. The van der Waals surface area contributed by atoms with Gasteiger partial charge in [-0.05, 0) is 43.5 Å². The van der Waals surface area contributed by atoms with E-state index in [1.807, 2.05) is 0 Å². The number of urea groups is 1. The molecule has 4 nitrogen and oxygen atoms in total. The Balaban J connectivity index is 1.87. The van der Waals surface area contributed by atoms with Crippen molar-refractivity contribution in [2.24, 2.45) is 5.41 Å². The summed E-state index contributed by atoms with van der Waals surface area (Å²) >= 11 is 0. The first-order chi connectivity index (χ1) is 8.54. The number of aliphatic hydroxyl groups excluding tert-OH is 1. The molecule has 1 aromatic rings. The highest BCUT2D eigenvalue weighted by Gasteiger charge is 2.42. The summed E-state index contributed by atoms with van der Waals surface area (Å²) in [6.45, 7) is 2.30. The van der Waals surface area contributed by atoms with Gasteiger partial charge in [-0.3, -0.25) is 0 Å². The van der Waals surface area contributed by atoms with Gasteiger partial charge in [-0.1, -0.05) is 0 Å². The van der Waals surface area contributed by atoms with Gasteiger partial charge in [0.15, 0.2) is 0 Å². The van der Waals surface area contributed by atoms with Crippen LogP contribution < -0.4 is 10.6 Å². The lowest BCUT2D eigenvalue weighted by Gasteiger charge is -2.14. The third kappa shape index (κ3) is 2.98. The van der Waals surface area contributed by atoms with Crippen LogP contribution in [0.25, 0.3) is 0 Å². The normalized spacial score (nSPS) is 16.2. The second kappa shape index (κ2) is 4.94. The molecule has 98 valence electrons. The van der Waals surface area contributed by atoms with Crippen molar-refractivity contribution < 1.29 is 14.3 Å². The van der Waals surface area contributed by atoms with E-state index in [1.165, 1.54) is 18.2 Å². The topological polar surface area (TPSA) is 61.4 Å².